The Hall–Kier alpha value is -7.28. The summed E-state index contributed by atoms with van der Waals surface area (Å²) < 4.78 is 18.2. The van der Waals surface area contributed by atoms with Gasteiger partial charge in [0.1, 0.15) is 0 Å². The van der Waals surface area contributed by atoms with Gasteiger partial charge in [-0.1, -0.05) is 127 Å². The van der Waals surface area contributed by atoms with Gasteiger partial charge in [0.15, 0.2) is 30.3 Å². The second kappa shape index (κ2) is 12.1. The summed E-state index contributed by atoms with van der Waals surface area (Å²) >= 11 is 1.82. The second-order valence-electron chi connectivity index (χ2n) is 15.3. The second-order valence-corrected chi connectivity index (χ2v) is 16.3. The van der Waals surface area contributed by atoms with Crippen molar-refractivity contribution in [3.8, 4) is 50.9 Å². The monoisotopic (exact) mass is 758 g/mol. The highest BCUT2D eigenvalue weighted by Crippen LogP contribution is 2.51. The van der Waals surface area contributed by atoms with Crippen LogP contribution in [0.1, 0.15) is 0 Å². The van der Waals surface area contributed by atoms with E-state index in [4.69, 9.17) is 9.47 Å². The first-order chi connectivity index (χ1) is 28.7. The van der Waals surface area contributed by atoms with E-state index in [0.29, 0.717) is 23.0 Å². The zero-order valence-electron chi connectivity index (χ0n) is 31.1. The molecule has 0 saturated carbocycles. The fourth-order valence-corrected chi connectivity index (χ4v) is 10.6. The summed E-state index contributed by atoms with van der Waals surface area (Å²) in [6.07, 6.45) is 0. The molecule has 4 heterocycles. The van der Waals surface area contributed by atoms with E-state index in [-0.39, 0.29) is 0 Å². The van der Waals surface area contributed by atoms with Crippen molar-refractivity contribution in [2.24, 2.45) is 0 Å². The number of hydrogen-bond donors (Lipinski definition) is 1. The van der Waals surface area contributed by atoms with Gasteiger partial charge in [-0.2, -0.15) is 0 Å². The van der Waals surface area contributed by atoms with Gasteiger partial charge in [-0.05, 0) is 81.5 Å². The number of anilines is 2. The molecular formula is C52H31BN2O2S. The van der Waals surface area contributed by atoms with E-state index in [1.54, 1.807) is 0 Å². The number of hydrogen-bond acceptors (Lipinski definition) is 4. The van der Waals surface area contributed by atoms with Gasteiger partial charge in [-0.15, -0.1) is 11.3 Å². The molecule has 2 aliphatic heterocycles. The molecule has 0 unspecified atom stereocenters. The predicted octanol–water partition coefficient (Wildman–Crippen LogP) is 13.0. The van der Waals surface area contributed by atoms with E-state index in [0.717, 1.165) is 35.3 Å². The van der Waals surface area contributed by atoms with E-state index in [9.17, 15) is 0 Å². The summed E-state index contributed by atoms with van der Waals surface area (Å²) in [4.78, 5) is 0. The van der Waals surface area contributed by atoms with Crippen LogP contribution in [0.4, 0.5) is 11.4 Å². The Bertz CT molecular complexity index is 3530. The first-order valence-electron chi connectivity index (χ1n) is 19.7. The van der Waals surface area contributed by atoms with Crippen molar-refractivity contribution in [1.82, 2.24) is 4.57 Å². The number of thiophene rings is 1. The fraction of sp³-hybridized carbons (Fsp3) is 0. The Labute approximate surface area is 338 Å². The highest BCUT2D eigenvalue weighted by atomic mass is 32.1. The lowest BCUT2D eigenvalue weighted by Crippen LogP contribution is -2.37. The van der Waals surface area contributed by atoms with Gasteiger partial charge in [0.05, 0.1) is 21.6 Å². The van der Waals surface area contributed by atoms with E-state index in [2.05, 4.69) is 162 Å². The predicted molar refractivity (Wildman–Crippen MR) is 245 cm³/mol. The minimum absolute atomic E-state index is 0.678. The average molecular weight is 759 g/mol. The molecule has 2 aliphatic rings. The van der Waals surface area contributed by atoms with Crippen molar-refractivity contribution in [2.75, 3.05) is 5.32 Å². The molecule has 0 radical (unpaired) electrons. The minimum Gasteiger partial charge on any atom is -0.449 e. The SMILES string of the molecule is B1c2c(-c3cc4c(cc3Nc3cccc5c3sc3ccccc35)Oc3ccccc3O4)cc(-c3ccccc3)cc2-n2c3ccc4ccccc4c3c3cccc1c32. The summed E-state index contributed by atoms with van der Waals surface area (Å²) in [5.74, 6) is 2.78. The van der Waals surface area contributed by atoms with Gasteiger partial charge in [-0.3, -0.25) is 0 Å². The van der Waals surface area contributed by atoms with Gasteiger partial charge >= 0.3 is 0 Å². The zero-order chi connectivity index (χ0) is 37.9. The third kappa shape index (κ3) is 4.64. The van der Waals surface area contributed by atoms with Crippen molar-refractivity contribution in [1.29, 1.82) is 0 Å². The maximum absolute atomic E-state index is 6.65. The molecule has 2 aromatic heterocycles. The number of nitrogens with zero attached hydrogens (tertiary/aromatic N) is 1. The van der Waals surface area contributed by atoms with E-state index in [1.165, 1.54) is 74.9 Å². The van der Waals surface area contributed by atoms with Crippen LogP contribution >= 0.6 is 11.3 Å². The van der Waals surface area contributed by atoms with Gasteiger partial charge in [0.25, 0.3) is 0 Å². The van der Waals surface area contributed by atoms with Gasteiger partial charge in [0, 0.05) is 49.1 Å². The molecule has 0 aliphatic carbocycles. The molecule has 9 aromatic carbocycles. The largest absolute Gasteiger partial charge is 0.449 e. The Morgan fingerprint density at radius 2 is 1.22 bits per heavy atom. The number of rotatable bonds is 4. The Morgan fingerprint density at radius 1 is 0.500 bits per heavy atom. The van der Waals surface area contributed by atoms with Gasteiger partial charge in [0.2, 0.25) is 0 Å². The Balaban J connectivity index is 1.11. The topological polar surface area (TPSA) is 35.4 Å². The lowest BCUT2D eigenvalue weighted by atomic mass is 9.58. The van der Waals surface area contributed by atoms with Crippen molar-refractivity contribution in [3.05, 3.63) is 176 Å². The summed E-state index contributed by atoms with van der Waals surface area (Å²) in [6, 6.07) is 63.1. The molecule has 0 spiro atoms. The zero-order valence-corrected chi connectivity index (χ0v) is 31.9. The number of benzene rings is 9. The number of para-hydroxylation sites is 3. The molecule has 1 N–H and O–H groups in total. The summed E-state index contributed by atoms with van der Waals surface area (Å²) in [5, 5.41) is 11.6. The van der Waals surface area contributed by atoms with Crippen molar-refractivity contribution < 1.29 is 9.47 Å². The average Bonchev–Trinajstić information content (AvgIpc) is 3.84. The summed E-state index contributed by atoms with van der Waals surface area (Å²) in [6.45, 7) is 0. The van der Waals surface area contributed by atoms with E-state index >= 15 is 0 Å². The van der Waals surface area contributed by atoms with Crippen molar-refractivity contribution >= 4 is 93.7 Å². The van der Waals surface area contributed by atoms with Crippen LogP contribution in [0.5, 0.6) is 23.0 Å². The molecule has 0 atom stereocenters. The molecular weight excluding hydrogens is 727 g/mol. The van der Waals surface area contributed by atoms with Crippen LogP contribution in [-0.4, -0.2) is 11.8 Å². The molecule has 0 saturated heterocycles. The highest BCUT2D eigenvalue weighted by molar-refractivity contribution is 7.26. The van der Waals surface area contributed by atoms with Crippen LogP contribution < -0.4 is 25.7 Å². The molecule has 13 rings (SSSR count). The lowest BCUT2D eigenvalue weighted by molar-refractivity contribution is 0.360. The fourth-order valence-electron chi connectivity index (χ4n) is 9.46. The van der Waals surface area contributed by atoms with Gasteiger partial charge < -0.3 is 19.4 Å². The summed E-state index contributed by atoms with van der Waals surface area (Å²) in [7, 11) is 0.786. The minimum atomic E-state index is 0.678. The van der Waals surface area contributed by atoms with Crippen molar-refractivity contribution in [2.45, 2.75) is 0 Å². The molecule has 11 aromatic rings. The van der Waals surface area contributed by atoms with Crippen molar-refractivity contribution in [3.63, 3.8) is 0 Å². The third-order valence-electron chi connectivity index (χ3n) is 12.0. The first-order valence-corrected chi connectivity index (χ1v) is 20.5. The van der Waals surface area contributed by atoms with E-state index < -0.39 is 0 Å². The Kier molecular flexibility index (Phi) is 6.66. The number of nitrogens with one attached hydrogen (secondary N) is 1. The maximum Gasteiger partial charge on any atom is 0.198 e. The quantitative estimate of drug-likeness (QED) is 0.182. The first kappa shape index (κ1) is 31.9. The van der Waals surface area contributed by atoms with Gasteiger partial charge in [-0.25, -0.2) is 0 Å². The maximum atomic E-state index is 6.65. The molecule has 6 heteroatoms. The third-order valence-corrected chi connectivity index (χ3v) is 13.3. The van der Waals surface area contributed by atoms with Crippen LogP contribution in [0.2, 0.25) is 0 Å². The molecule has 0 amide bonds. The Morgan fingerprint density at radius 3 is 2.10 bits per heavy atom. The summed E-state index contributed by atoms with van der Waals surface area (Å²) in [5.41, 5.74) is 12.8. The normalized spacial score (nSPS) is 12.6. The molecule has 4 nitrogen and oxygen atoms in total. The smallest absolute Gasteiger partial charge is 0.198 e. The number of fused-ring (bicyclic) bond motifs is 12. The standard InChI is InChI=1S/C52H31BN2O2S/c1-2-12-30(13-3-1)32-26-38(50-43(27-32)55-42-25-24-31-14-4-5-15-33(31)49(42)36-18-10-19-39(53-50)51(36)55)37-28-46-47(57-45-22-8-7-21-44(45)56-46)29-41(37)54-40-20-11-17-35-34-16-6-9-23-48(34)58-52(35)40/h1-29,53-54H. The molecule has 270 valence electrons. The molecule has 0 fully saturated rings. The van der Waals surface area contributed by atoms with Crippen LogP contribution in [0.15, 0.2) is 176 Å². The van der Waals surface area contributed by atoms with Crippen LogP contribution in [0, 0.1) is 0 Å². The molecule has 58 heavy (non-hydrogen) atoms. The van der Waals surface area contributed by atoms with Crippen LogP contribution in [-0.2, 0) is 0 Å². The number of aromatic nitrogens is 1. The number of ether oxygens (including phenoxy) is 2. The molecule has 0 bridgehead atoms. The van der Waals surface area contributed by atoms with E-state index in [1.807, 2.05) is 35.6 Å². The van der Waals surface area contributed by atoms with Crippen LogP contribution in [0.3, 0.4) is 0 Å². The highest BCUT2D eigenvalue weighted by Gasteiger charge is 2.29. The van der Waals surface area contributed by atoms with Crippen LogP contribution in [0.25, 0.3) is 80.7 Å². The lowest BCUT2D eigenvalue weighted by Gasteiger charge is -2.27.